The van der Waals surface area contributed by atoms with Gasteiger partial charge < -0.3 is 20.1 Å². The van der Waals surface area contributed by atoms with Gasteiger partial charge in [0.05, 0.1) is 13.2 Å². The number of pyridine rings is 1. The Morgan fingerprint density at radius 2 is 2.11 bits per heavy atom. The molecule has 0 bridgehead atoms. The Morgan fingerprint density at radius 3 is 2.86 bits per heavy atom. The second-order valence-corrected chi connectivity index (χ2v) is 6.39. The SMILES string of the molecule is COc1ccc2c(c1)[C@@H](NC(=O)NCc1ccnc(OCC(F)(F)F)c1)CC2. The Morgan fingerprint density at radius 1 is 1.29 bits per heavy atom. The van der Waals surface area contributed by atoms with Gasteiger partial charge in [-0.2, -0.15) is 13.2 Å². The average Bonchev–Trinajstić information content (AvgIpc) is 3.06. The van der Waals surface area contributed by atoms with Gasteiger partial charge in [0, 0.05) is 18.8 Å². The van der Waals surface area contributed by atoms with Gasteiger partial charge in [0.2, 0.25) is 5.88 Å². The Kier molecular flexibility index (Phi) is 5.91. The van der Waals surface area contributed by atoms with Crippen molar-refractivity contribution in [3.05, 3.63) is 53.2 Å². The standard InChI is InChI=1S/C19H20F3N3O3/c1-27-14-4-2-13-3-5-16(15(13)9-14)25-18(26)24-10-12-6-7-23-17(8-12)28-11-19(20,21)22/h2,4,6-9,16H,3,5,10-11H2,1H3,(H2,24,25,26)/t16-/m0/s1. The van der Waals surface area contributed by atoms with Crippen molar-refractivity contribution in [3.8, 4) is 11.6 Å². The van der Waals surface area contributed by atoms with Gasteiger partial charge in [0.15, 0.2) is 6.61 Å². The van der Waals surface area contributed by atoms with E-state index in [9.17, 15) is 18.0 Å². The lowest BCUT2D eigenvalue weighted by molar-refractivity contribution is -0.154. The number of aryl methyl sites for hydroxylation is 1. The third-order valence-electron chi connectivity index (χ3n) is 4.37. The van der Waals surface area contributed by atoms with E-state index in [1.807, 2.05) is 18.2 Å². The monoisotopic (exact) mass is 395 g/mol. The first-order valence-electron chi connectivity index (χ1n) is 8.70. The van der Waals surface area contributed by atoms with E-state index in [1.165, 1.54) is 17.8 Å². The molecule has 1 aromatic heterocycles. The minimum atomic E-state index is -4.43. The number of benzene rings is 1. The summed E-state index contributed by atoms with van der Waals surface area (Å²) in [6, 6.07) is 8.28. The molecule has 0 saturated heterocycles. The molecule has 2 N–H and O–H groups in total. The summed E-state index contributed by atoms with van der Waals surface area (Å²) in [5, 5.41) is 5.61. The van der Waals surface area contributed by atoms with Crippen LogP contribution in [-0.4, -0.2) is 30.9 Å². The number of carbonyl (C=O) groups excluding carboxylic acids is 1. The number of alkyl halides is 3. The van der Waals surface area contributed by atoms with E-state index >= 15 is 0 Å². The molecule has 0 aliphatic heterocycles. The first-order valence-corrected chi connectivity index (χ1v) is 8.70. The van der Waals surface area contributed by atoms with Crippen molar-refractivity contribution in [1.82, 2.24) is 15.6 Å². The predicted molar refractivity (Wildman–Crippen MR) is 95.2 cm³/mol. The highest BCUT2D eigenvalue weighted by Crippen LogP contribution is 2.33. The van der Waals surface area contributed by atoms with Crippen LogP contribution in [-0.2, 0) is 13.0 Å². The highest BCUT2D eigenvalue weighted by atomic mass is 19.4. The first kappa shape index (κ1) is 19.8. The van der Waals surface area contributed by atoms with Crippen molar-refractivity contribution in [2.45, 2.75) is 31.6 Å². The number of aromatic nitrogens is 1. The molecular weight excluding hydrogens is 375 g/mol. The normalized spacial score (nSPS) is 15.6. The van der Waals surface area contributed by atoms with Crippen LogP contribution in [0, 0.1) is 0 Å². The Labute approximate surface area is 160 Å². The molecule has 1 aromatic carbocycles. The topological polar surface area (TPSA) is 72.5 Å². The van der Waals surface area contributed by atoms with E-state index in [0.29, 0.717) is 5.56 Å². The smallest absolute Gasteiger partial charge is 0.422 e. The zero-order valence-corrected chi connectivity index (χ0v) is 15.2. The highest BCUT2D eigenvalue weighted by Gasteiger charge is 2.28. The van der Waals surface area contributed by atoms with Crippen LogP contribution in [0.4, 0.5) is 18.0 Å². The van der Waals surface area contributed by atoms with Crippen molar-refractivity contribution in [2.75, 3.05) is 13.7 Å². The van der Waals surface area contributed by atoms with Crippen molar-refractivity contribution >= 4 is 6.03 Å². The number of halogens is 3. The molecule has 2 amide bonds. The van der Waals surface area contributed by atoms with Crippen LogP contribution >= 0.6 is 0 Å². The van der Waals surface area contributed by atoms with E-state index < -0.39 is 12.8 Å². The molecule has 1 atom stereocenters. The van der Waals surface area contributed by atoms with Crippen molar-refractivity contribution in [3.63, 3.8) is 0 Å². The fraction of sp³-hybridized carbons (Fsp3) is 0.368. The molecule has 0 fully saturated rings. The maximum absolute atomic E-state index is 12.2. The number of ether oxygens (including phenoxy) is 2. The number of carbonyl (C=O) groups is 1. The minimum Gasteiger partial charge on any atom is -0.497 e. The summed E-state index contributed by atoms with van der Waals surface area (Å²) in [6.07, 6.45) is -1.44. The summed E-state index contributed by atoms with van der Waals surface area (Å²) < 4.78 is 46.5. The number of urea groups is 1. The molecule has 6 nitrogen and oxygen atoms in total. The number of rotatable bonds is 6. The summed E-state index contributed by atoms with van der Waals surface area (Å²) in [6.45, 7) is -1.28. The van der Waals surface area contributed by atoms with Crippen molar-refractivity contribution < 1.29 is 27.4 Å². The fourth-order valence-electron chi connectivity index (χ4n) is 3.04. The largest absolute Gasteiger partial charge is 0.497 e. The zero-order chi connectivity index (χ0) is 20.1. The van der Waals surface area contributed by atoms with Gasteiger partial charge in [-0.05, 0) is 47.7 Å². The predicted octanol–water partition coefficient (Wildman–Crippen LogP) is 3.52. The molecular formula is C19H20F3N3O3. The van der Waals surface area contributed by atoms with Crippen LogP contribution < -0.4 is 20.1 Å². The van der Waals surface area contributed by atoms with E-state index in [2.05, 4.69) is 20.4 Å². The van der Waals surface area contributed by atoms with Crippen LogP contribution in [0.5, 0.6) is 11.6 Å². The van der Waals surface area contributed by atoms with Crippen LogP contribution in [0.1, 0.15) is 29.2 Å². The molecule has 1 heterocycles. The van der Waals surface area contributed by atoms with Gasteiger partial charge in [-0.15, -0.1) is 0 Å². The van der Waals surface area contributed by atoms with Crippen molar-refractivity contribution in [1.29, 1.82) is 0 Å². The summed E-state index contributed by atoms with van der Waals surface area (Å²) in [4.78, 5) is 16.0. The zero-order valence-electron chi connectivity index (χ0n) is 15.2. The molecule has 0 saturated carbocycles. The minimum absolute atomic E-state index is 0.117. The Balaban J connectivity index is 1.53. The average molecular weight is 395 g/mol. The Hall–Kier alpha value is -2.97. The summed E-state index contributed by atoms with van der Waals surface area (Å²) in [5.74, 6) is 0.588. The maximum atomic E-state index is 12.2. The van der Waals surface area contributed by atoms with E-state index in [-0.39, 0.29) is 24.5 Å². The van der Waals surface area contributed by atoms with Gasteiger partial charge in [-0.3, -0.25) is 0 Å². The molecule has 0 unspecified atom stereocenters. The number of nitrogens with zero attached hydrogens (tertiary/aromatic N) is 1. The third kappa shape index (κ3) is 5.28. The lowest BCUT2D eigenvalue weighted by Gasteiger charge is -2.16. The van der Waals surface area contributed by atoms with Gasteiger partial charge in [0.1, 0.15) is 5.75 Å². The molecule has 28 heavy (non-hydrogen) atoms. The second kappa shape index (κ2) is 8.37. The van der Waals surface area contributed by atoms with Gasteiger partial charge in [-0.1, -0.05) is 6.07 Å². The highest BCUT2D eigenvalue weighted by molar-refractivity contribution is 5.74. The van der Waals surface area contributed by atoms with E-state index in [4.69, 9.17) is 4.74 Å². The number of fused-ring (bicyclic) bond motifs is 1. The molecule has 0 radical (unpaired) electrons. The lowest BCUT2D eigenvalue weighted by atomic mass is 10.1. The summed E-state index contributed by atoms with van der Waals surface area (Å²) >= 11 is 0. The third-order valence-corrected chi connectivity index (χ3v) is 4.37. The maximum Gasteiger partial charge on any atom is 0.422 e. The van der Waals surface area contributed by atoms with Crippen LogP contribution in [0.2, 0.25) is 0 Å². The van der Waals surface area contributed by atoms with Gasteiger partial charge in [0.25, 0.3) is 0 Å². The molecule has 3 rings (SSSR count). The fourth-order valence-corrected chi connectivity index (χ4v) is 3.04. The van der Waals surface area contributed by atoms with Gasteiger partial charge >= 0.3 is 12.2 Å². The van der Waals surface area contributed by atoms with Crippen molar-refractivity contribution in [2.24, 2.45) is 0 Å². The number of hydrogen-bond acceptors (Lipinski definition) is 4. The summed E-state index contributed by atoms with van der Waals surface area (Å²) in [7, 11) is 1.59. The lowest BCUT2D eigenvalue weighted by Crippen LogP contribution is -2.36. The molecule has 1 aliphatic carbocycles. The van der Waals surface area contributed by atoms with Gasteiger partial charge in [-0.25, -0.2) is 9.78 Å². The molecule has 1 aliphatic rings. The second-order valence-electron chi connectivity index (χ2n) is 6.39. The van der Waals surface area contributed by atoms with E-state index in [1.54, 1.807) is 13.2 Å². The van der Waals surface area contributed by atoms with Crippen LogP contribution in [0.15, 0.2) is 36.5 Å². The van der Waals surface area contributed by atoms with E-state index in [0.717, 1.165) is 24.2 Å². The molecule has 9 heteroatoms. The Bertz CT molecular complexity index is 843. The number of methoxy groups -OCH3 is 1. The molecule has 150 valence electrons. The number of nitrogens with one attached hydrogen (secondary N) is 2. The molecule has 2 aromatic rings. The van der Waals surface area contributed by atoms with Crippen LogP contribution in [0.25, 0.3) is 0 Å². The first-order chi connectivity index (χ1) is 13.3. The molecule has 0 spiro atoms. The number of amides is 2. The quantitative estimate of drug-likeness (QED) is 0.785. The summed E-state index contributed by atoms with van der Waals surface area (Å²) in [5.41, 5.74) is 2.78. The van der Waals surface area contributed by atoms with Crippen LogP contribution in [0.3, 0.4) is 0 Å². The number of hydrogen-bond donors (Lipinski definition) is 2.